The van der Waals surface area contributed by atoms with Gasteiger partial charge in [0, 0.05) is 44.5 Å². The summed E-state index contributed by atoms with van der Waals surface area (Å²) < 4.78 is 5.73. The third kappa shape index (κ3) is 4.26. The van der Waals surface area contributed by atoms with E-state index < -0.39 is 0 Å². The summed E-state index contributed by atoms with van der Waals surface area (Å²) in [5, 5.41) is 8.08. The Kier molecular flexibility index (Phi) is 5.16. The molecule has 0 radical (unpaired) electrons. The number of carbonyl (C=O) groups is 1. The second-order valence-electron chi connectivity index (χ2n) is 5.45. The molecule has 2 aromatic rings. The second-order valence-corrected chi connectivity index (χ2v) is 5.45. The zero-order valence-electron chi connectivity index (χ0n) is 13.0. The number of anilines is 1. The molecule has 3 rings (SSSR count). The maximum Gasteiger partial charge on any atom is 0.151 e. The maximum absolute atomic E-state index is 10.6. The van der Waals surface area contributed by atoms with Crippen LogP contribution >= 0.6 is 0 Å². The Labute approximate surface area is 135 Å². The fourth-order valence-electron chi connectivity index (χ4n) is 2.60. The molecule has 1 aliphatic heterocycles. The van der Waals surface area contributed by atoms with Crippen LogP contribution in [0.2, 0.25) is 0 Å². The first-order valence-electron chi connectivity index (χ1n) is 7.78. The number of aromatic nitrogens is 2. The number of ether oxygens (including phenoxy) is 1. The first kappa shape index (κ1) is 15.4. The number of hydrogen-bond donors (Lipinski definition) is 0. The molecule has 6 nitrogen and oxygen atoms in total. The van der Waals surface area contributed by atoms with Crippen molar-refractivity contribution in [1.29, 1.82) is 0 Å². The van der Waals surface area contributed by atoms with Gasteiger partial charge in [-0.1, -0.05) is 0 Å². The van der Waals surface area contributed by atoms with E-state index in [0.717, 1.165) is 50.6 Å². The molecule has 0 N–H and O–H groups in total. The van der Waals surface area contributed by atoms with Crippen LogP contribution in [-0.2, 0) is 0 Å². The third-order valence-corrected chi connectivity index (χ3v) is 3.95. The fraction of sp³-hybridized carbons (Fsp3) is 0.353. The lowest BCUT2D eigenvalue weighted by atomic mass is 10.2. The van der Waals surface area contributed by atoms with E-state index in [0.29, 0.717) is 12.2 Å². The van der Waals surface area contributed by atoms with Crippen molar-refractivity contribution in [2.24, 2.45) is 0 Å². The van der Waals surface area contributed by atoms with Gasteiger partial charge in [0.1, 0.15) is 18.6 Å². The summed E-state index contributed by atoms with van der Waals surface area (Å²) in [7, 11) is 0. The largest absolute Gasteiger partial charge is 0.492 e. The molecule has 1 aromatic heterocycles. The summed E-state index contributed by atoms with van der Waals surface area (Å²) in [6, 6.07) is 11.1. The average molecular weight is 312 g/mol. The van der Waals surface area contributed by atoms with Crippen molar-refractivity contribution in [3.8, 4) is 5.75 Å². The molecule has 2 heterocycles. The lowest BCUT2D eigenvalue weighted by Crippen LogP contribution is -2.47. The minimum absolute atomic E-state index is 0.644. The third-order valence-electron chi connectivity index (χ3n) is 3.95. The monoisotopic (exact) mass is 312 g/mol. The van der Waals surface area contributed by atoms with Gasteiger partial charge in [-0.15, -0.1) is 5.10 Å². The molecule has 0 amide bonds. The van der Waals surface area contributed by atoms with Gasteiger partial charge in [0.25, 0.3) is 0 Å². The van der Waals surface area contributed by atoms with Crippen LogP contribution in [0.1, 0.15) is 10.4 Å². The van der Waals surface area contributed by atoms with E-state index >= 15 is 0 Å². The van der Waals surface area contributed by atoms with E-state index in [1.807, 2.05) is 24.3 Å². The van der Waals surface area contributed by atoms with Crippen LogP contribution in [0.15, 0.2) is 42.6 Å². The van der Waals surface area contributed by atoms with Crippen LogP contribution in [0.3, 0.4) is 0 Å². The normalized spacial score (nSPS) is 15.4. The lowest BCUT2D eigenvalue weighted by molar-refractivity contribution is 0.112. The predicted octanol–water partition coefficient (Wildman–Crippen LogP) is 1.49. The number of aldehydes is 1. The highest BCUT2D eigenvalue weighted by Crippen LogP contribution is 2.13. The Morgan fingerprint density at radius 3 is 2.52 bits per heavy atom. The van der Waals surface area contributed by atoms with Crippen LogP contribution in [0.25, 0.3) is 0 Å². The number of carbonyl (C=O) groups excluding carboxylic acids is 1. The van der Waals surface area contributed by atoms with Crippen LogP contribution in [-0.4, -0.2) is 60.7 Å². The molecule has 0 spiro atoms. The molecule has 0 atom stereocenters. The van der Waals surface area contributed by atoms with E-state index in [1.54, 1.807) is 18.3 Å². The number of hydrogen-bond acceptors (Lipinski definition) is 6. The van der Waals surface area contributed by atoms with E-state index in [9.17, 15) is 4.79 Å². The summed E-state index contributed by atoms with van der Waals surface area (Å²) in [4.78, 5) is 15.2. The van der Waals surface area contributed by atoms with Crippen molar-refractivity contribution in [3.05, 3.63) is 48.2 Å². The molecule has 1 fully saturated rings. The standard InChI is InChI=1S/C17H20N4O2/c22-14-15-3-5-16(6-4-15)23-13-12-20-8-10-21(11-9-20)17-2-1-7-18-19-17/h1-7,14H,8-13H2. The predicted molar refractivity (Wildman–Crippen MR) is 88.0 cm³/mol. The zero-order chi connectivity index (χ0) is 15.9. The molecule has 120 valence electrons. The summed E-state index contributed by atoms with van der Waals surface area (Å²) in [6.07, 6.45) is 2.53. The molecule has 23 heavy (non-hydrogen) atoms. The Morgan fingerprint density at radius 1 is 1.09 bits per heavy atom. The molecular formula is C17H20N4O2. The quantitative estimate of drug-likeness (QED) is 0.753. The van der Waals surface area contributed by atoms with Gasteiger partial charge in [0.05, 0.1) is 0 Å². The number of nitrogens with zero attached hydrogens (tertiary/aromatic N) is 4. The van der Waals surface area contributed by atoms with E-state index in [2.05, 4.69) is 20.0 Å². The topological polar surface area (TPSA) is 58.6 Å². The van der Waals surface area contributed by atoms with Crippen LogP contribution in [0.4, 0.5) is 5.82 Å². The number of benzene rings is 1. The highest BCUT2D eigenvalue weighted by atomic mass is 16.5. The Bertz CT molecular complexity index is 610. The molecule has 0 bridgehead atoms. The van der Waals surface area contributed by atoms with E-state index in [-0.39, 0.29) is 0 Å². The number of piperazine rings is 1. The molecule has 1 saturated heterocycles. The van der Waals surface area contributed by atoms with Crippen LogP contribution in [0, 0.1) is 0 Å². The van der Waals surface area contributed by atoms with Gasteiger partial charge in [-0.3, -0.25) is 9.69 Å². The van der Waals surface area contributed by atoms with Crippen molar-refractivity contribution in [2.45, 2.75) is 0 Å². The molecule has 0 aliphatic carbocycles. The summed E-state index contributed by atoms with van der Waals surface area (Å²) >= 11 is 0. The highest BCUT2D eigenvalue weighted by molar-refractivity contribution is 5.74. The maximum atomic E-state index is 10.6. The molecule has 6 heteroatoms. The molecule has 1 aliphatic rings. The average Bonchev–Trinajstić information content (AvgIpc) is 2.64. The van der Waals surface area contributed by atoms with E-state index in [4.69, 9.17) is 4.74 Å². The van der Waals surface area contributed by atoms with Crippen LogP contribution in [0.5, 0.6) is 5.75 Å². The number of rotatable bonds is 6. The summed E-state index contributed by atoms with van der Waals surface area (Å²) in [5.41, 5.74) is 0.664. The first-order chi connectivity index (χ1) is 11.3. The highest BCUT2D eigenvalue weighted by Gasteiger charge is 2.17. The Morgan fingerprint density at radius 2 is 1.87 bits per heavy atom. The molecule has 0 unspecified atom stereocenters. The molecule has 0 saturated carbocycles. The second kappa shape index (κ2) is 7.69. The van der Waals surface area contributed by atoms with Gasteiger partial charge >= 0.3 is 0 Å². The van der Waals surface area contributed by atoms with Gasteiger partial charge in [-0.05, 0) is 36.4 Å². The SMILES string of the molecule is O=Cc1ccc(OCCN2CCN(c3cccnn3)CC2)cc1. The van der Waals surface area contributed by atoms with Gasteiger partial charge < -0.3 is 9.64 Å². The van der Waals surface area contributed by atoms with Crippen molar-refractivity contribution in [1.82, 2.24) is 15.1 Å². The minimum atomic E-state index is 0.644. The van der Waals surface area contributed by atoms with Gasteiger partial charge in [-0.2, -0.15) is 5.10 Å². The summed E-state index contributed by atoms with van der Waals surface area (Å²) in [5.74, 6) is 1.74. The van der Waals surface area contributed by atoms with Gasteiger partial charge in [0.15, 0.2) is 5.82 Å². The fourth-order valence-corrected chi connectivity index (χ4v) is 2.60. The van der Waals surface area contributed by atoms with Crippen LogP contribution < -0.4 is 9.64 Å². The van der Waals surface area contributed by atoms with Crippen molar-refractivity contribution in [2.75, 3.05) is 44.2 Å². The van der Waals surface area contributed by atoms with Gasteiger partial charge in [0.2, 0.25) is 0 Å². The minimum Gasteiger partial charge on any atom is -0.492 e. The van der Waals surface area contributed by atoms with Crippen molar-refractivity contribution < 1.29 is 9.53 Å². The smallest absolute Gasteiger partial charge is 0.151 e. The Balaban J connectivity index is 1.40. The van der Waals surface area contributed by atoms with Gasteiger partial charge in [-0.25, -0.2) is 0 Å². The lowest BCUT2D eigenvalue weighted by Gasteiger charge is -2.34. The molecule has 1 aromatic carbocycles. The van der Waals surface area contributed by atoms with Crippen molar-refractivity contribution in [3.63, 3.8) is 0 Å². The zero-order valence-corrected chi connectivity index (χ0v) is 13.0. The first-order valence-corrected chi connectivity index (χ1v) is 7.78. The summed E-state index contributed by atoms with van der Waals surface area (Å²) in [6.45, 7) is 5.42. The Hall–Kier alpha value is -2.47. The molecular weight excluding hydrogens is 292 g/mol. The van der Waals surface area contributed by atoms with E-state index in [1.165, 1.54) is 0 Å². The van der Waals surface area contributed by atoms with Crippen molar-refractivity contribution >= 4 is 12.1 Å².